The average molecular weight is 305 g/mol. The first kappa shape index (κ1) is 13.2. The monoisotopic (exact) mass is 304 g/mol. The van der Waals surface area contributed by atoms with E-state index >= 15 is 0 Å². The Labute approximate surface area is 127 Å². The molecule has 98 valence electrons. The third-order valence-corrected chi connectivity index (χ3v) is 6.49. The van der Waals surface area contributed by atoms with E-state index in [4.69, 9.17) is 12.2 Å². The molecule has 0 saturated carbocycles. The Bertz CT molecular complexity index is 790. The molecule has 0 spiro atoms. The molecule has 19 heavy (non-hydrogen) atoms. The molecule has 0 aliphatic heterocycles. The molecule has 0 amide bonds. The molecule has 0 aromatic carbocycles. The van der Waals surface area contributed by atoms with E-state index in [-0.39, 0.29) is 0 Å². The topological polar surface area (TPSA) is 0 Å². The van der Waals surface area contributed by atoms with Gasteiger partial charge in [-0.05, 0) is 42.0 Å². The molecule has 2 aliphatic carbocycles. The summed E-state index contributed by atoms with van der Waals surface area (Å²) in [7, 11) is 0. The molecule has 1 heterocycles. The molecule has 0 bridgehead atoms. The van der Waals surface area contributed by atoms with Crippen molar-refractivity contribution in [3.05, 3.63) is 38.0 Å². The van der Waals surface area contributed by atoms with Gasteiger partial charge in [0.05, 0.1) is 9.40 Å². The summed E-state index contributed by atoms with van der Waals surface area (Å²) in [5, 5.41) is 0. The number of hydrogen-bond acceptors (Lipinski definition) is 3. The van der Waals surface area contributed by atoms with Crippen LogP contribution in [0.5, 0.6) is 0 Å². The Morgan fingerprint density at radius 1 is 1.05 bits per heavy atom. The Morgan fingerprint density at radius 3 is 2.42 bits per heavy atom. The number of hydrogen-bond donors (Lipinski definition) is 0. The van der Waals surface area contributed by atoms with E-state index < -0.39 is 0 Å². The molecule has 1 aromatic heterocycles. The number of aryl methyl sites for hydroxylation is 2. The minimum absolute atomic E-state index is 0.562. The quantitative estimate of drug-likeness (QED) is 0.460. The van der Waals surface area contributed by atoms with E-state index in [1.165, 1.54) is 37.2 Å². The van der Waals surface area contributed by atoms with Gasteiger partial charge in [-0.2, -0.15) is 0 Å². The zero-order valence-electron chi connectivity index (χ0n) is 11.5. The third kappa shape index (κ3) is 2.04. The van der Waals surface area contributed by atoms with Crippen molar-refractivity contribution in [2.75, 3.05) is 0 Å². The van der Waals surface area contributed by atoms with Gasteiger partial charge in [0, 0.05) is 5.56 Å². The molecule has 2 aliphatic rings. The van der Waals surface area contributed by atoms with Crippen LogP contribution in [0, 0.1) is 17.0 Å². The van der Waals surface area contributed by atoms with Gasteiger partial charge in [-0.15, -0.1) is 22.7 Å². The van der Waals surface area contributed by atoms with Gasteiger partial charge in [0.2, 0.25) is 0 Å². The van der Waals surface area contributed by atoms with E-state index in [2.05, 4.69) is 45.9 Å². The lowest BCUT2D eigenvalue weighted by atomic mass is 10.0. The summed E-state index contributed by atoms with van der Waals surface area (Å²) in [6.45, 7) is 8.94. The fraction of sp³-hybridized carbons (Fsp3) is 0.312. The van der Waals surface area contributed by atoms with Crippen LogP contribution in [0.25, 0.3) is 20.5 Å². The third-order valence-electron chi connectivity index (χ3n) is 3.70. The molecule has 0 fully saturated rings. The molecule has 0 unspecified atom stereocenters. The van der Waals surface area contributed by atoms with Crippen molar-refractivity contribution in [3.63, 3.8) is 0 Å². The van der Waals surface area contributed by atoms with Crippen molar-refractivity contribution in [1.82, 2.24) is 0 Å². The van der Waals surface area contributed by atoms with Crippen LogP contribution in [0.4, 0.5) is 0 Å². The Hall–Kier alpha value is -0.770. The molecule has 0 atom stereocenters. The normalized spacial score (nSPS) is 11.8. The van der Waals surface area contributed by atoms with Crippen LogP contribution in [0.15, 0.2) is 18.2 Å². The molecule has 3 heteroatoms. The van der Waals surface area contributed by atoms with Gasteiger partial charge in [-0.1, -0.05) is 44.3 Å². The first-order chi connectivity index (χ1) is 8.99. The fourth-order valence-corrected chi connectivity index (χ4v) is 5.46. The Balaban J connectivity index is 2.48. The summed E-state index contributed by atoms with van der Waals surface area (Å²) in [6.07, 6.45) is 0. The summed E-state index contributed by atoms with van der Waals surface area (Å²) in [5.41, 5.74) is 6.94. The first-order valence-electron chi connectivity index (χ1n) is 6.45. The highest BCUT2D eigenvalue weighted by Crippen LogP contribution is 2.46. The molecule has 1 aromatic rings. The van der Waals surface area contributed by atoms with E-state index in [0.717, 1.165) is 3.14 Å². The van der Waals surface area contributed by atoms with Crippen molar-refractivity contribution in [3.8, 4) is 11.1 Å². The van der Waals surface area contributed by atoms with Gasteiger partial charge in [-0.25, -0.2) is 0 Å². The molecular weight excluding hydrogens is 288 g/mol. The molecule has 0 nitrogen and oxygen atoms in total. The summed E-state index contributed by atoms with van der Waals surface area (Å²) in [4.78, 5) is 0. The van der Waals surface area contributed by atoms with Crippen molar-refractivity contribution < 1.29 is 0 Å². The number of fused-ring (bicyclic) bond motifs is 3. The Kier molecular flexibility index (Phi) is 3.24. The van der Waals surface area contributed by atoms with Crippen molar-refractivity contribution in [1.29, 1.82) is 0 Å². The smallest absolute Gasteiger partial charge is 0.112 e. The standard InChI is InChI=1S/C16H16S3/c1-8(2)11-5-6-12-10(4)14-15(19-16(17)18-14)13(12)9(3)7-11/h5-8H,1-4H3. The highest BCUT2D eigenvalue weighted by Gasteiger charge is 2.19. The number of rotatable bonds is 1. The van der Waals surface area contributed by atoms with Crippen molar-refractivity contribution in [2.24, 2.45) is 0 Å². The lowest BCUT2D eigenvalue weighted by molar-refractivity contribution is 0.867. The second-order valence-electron chi connectivity index (χ2n) is 5.34. The van der Waals surface area contributed by atoms with Crippen molar-refractivity contribution in [2.45, 2.75) is 33.6 Å². The zero-order valence-corrected chi connectivity index (χ0v) is 14.0. The average Bonchev–Trinajstić information content (AvgIpc) is 2.74. The maximum atomic E-state index is 5.36. The van der Waals surface area contributed by atoms with Gasteiger partial charge in [0.25, 0.3) is 0 Å². The van der Waals surface area contributed by atoms with Crippen LogP contribution in [0.2, 0.25) is 0 Å². The van der Waals surface area contributed by atoms with Crippen LogP contribution >= 0.6 is 34.9 Å². The van der Waals surface area contributed by atoms with Gasteiger partial charge in [0.1, 0.15) is 3.14 Å². The van der Waals surface area contributed by atoms with Gasteiger partial charge in [-0.3, -0.25) is 0 Å². The molecular formula is C16H16S3. The summed E-state index contributed by atoms with van der Waals surface area (Å²) in [5.74, 6) is 0.562. The maximum absolute atomic E-state index is 5.36. The molecule has 0 radical (unpaired) electrons. The van der Waals surface area contributed by atoms with E-state index in [1.807, 2.05) is 0 Å². The SMILES string of the molecule is Cc1cc(C(C)C)ccc2c(C)c3sc(=S)sc3c1-2. The van der Waals surface area contributed by atoms with Gasteiger partial charge in [0.15, 0.2) is 0 Å². The minimum Gasteiger partial charge on any atom is -0.112 e. The van der Waals surface area contributed by atoms with E-state index in [1.54, 1.807) is 22.7 Å². The second kappa shape index (κ2) is 4.65. The lowest BCUT2D eigenvalue weighted by Gasteiger charge is -2.02. The first-order valence-corrected chi connectivity index (χ1v) is 8.49. The predicted octanol–water partition coefficient (Wildman–Crippen LogP) is 6.54. The highest BCUT2D eigenvalue weighted by atomic mass is 32.2. The summed E-state index contributed by atoms with van der Waals surface area (Å²) in [6, 6.07) is 6.89. The lowest BCUT2D eigenvalue weighted by Crippen LogP contribution is -1.83. The minimum atomic E-state index is 0.562. The Morgan fingerprint density at radius 2 is 1.74 bits per heavy atom. The van der Waals surface area contributed by atoms with Crippen LogP contribution < -0.4 is 0 Å². The highest BCUT2D eigenvalue weighted by molar-refractivity contribution is 7.77. The zero-order chi connectivity index (χ0) is 13.7. The summed E-state index contributed by atoms with van der Waals surface area (Å²) >= 11 is 8.88. The fourth-order valence-electron chi connectivity index (χ4n) is 2.63. The van der Waals surface area contributed by atoms with Crippen LogP contribution in [0.1, 0.15) is 36.5 Å². The molecule has 3 rings (SSSR count). The molecule has 0 saturated heterocycles. The van der Waals surface area contributed by atoms with Crippen molar-refractivity contribution >= 4 is 44.3 Å². The summed E-state index contributed by atoms with van der Waals surface area (Å²) < 4.78 is 3.79. The largest absolute Gasteiger partial charge is 0.144 e. The molecule has 0 N–H and O–H groups in total. The van der Waals surface area contributed by atoms with E-state index in [0.29, 0.717) is 5.92 Å². The maximum Gasteiger partial charge on any atom is 0.144 e. The van der Waals surface area contributed by atoms with E-state index in [9.17, 15) is 0 Å². The van der Waals surface area contributed by atoms with Gasteiger partial charge >= 0.3 is 0 Å². The predicted molar refractivity (Wildman–Crippen MR) is 90.7 cm³/mol. The van der Waals surface area contributed by atoms with Crippen LogP contribution in [-0.4, -0.2) is 0 Å². The second-order valence-corrected chi connectivity index (χ2v) is 8.57. The van der Waals surface area contributed by atoms with Crippen LogP contribution in [-0.2, 0) is 0 Å². The van der Waals surface area contributed by atoms with Crippen LogP contribution in [0.3, 0.4) is 0 Å². The van der Waals surface area contributed by atoms with Gasteiger partial charge < -0.3 is 0 Å².